The van der Waals surface area contributed by atoms with Gasteiger partial charge in [-0.2, -0.15) is 0 Å². The third kappa shape index (κ3) is 11.6. The molecule has 0 aliphatic rings. The van der Waals surface area contributed by atoms with E-state index in [0.717, 1.165) is 22.6 Å². The number of hydrogen-bond donors (Lipinski definition) is 2. The Bertz CT molecular complexity index is 1670. The molecule has 0 saturated carbocycles. The predicted molar refractivity (Wildman–Crippen MR) is 182 cm³/mol. The maximum absolute atomic E-state index is 13.6. The molecule has 4 aromatic rings. The Morgan fingerprint density at radius 1 is 0.830 bits per heavy atom. The zero-order valence-electron chi connectivity index (χ0n) is 26.4. The van der Waals surface area contributed by atoms with Crippen LogP contribution in [0.1, 0.15) is 40.1 Å². The average Bonchev–Trinajstić information content (AvgIpc) is 3.05. The number of nitrogens with two attached hydrogens (primary N) is 2. The molecular formula is C30H34BrF2N7O5S2. The summed E-state index contributed by atoms with van der Waals surface area (Å²) >= 11 is 6.02. The lowest BCUT2D eigenvalue weighted by Crippen LogP contribution is -2.26. The number of anilines is 2. The molecule has 12 nitrogen and oxygen atoms in total. The van der Waals surface area contributed by atoms with E-state index in [2.05, 4.69) is 35.9 Å². The predicted octanol–water partition coefficient (Wildman–Crippen LogP) is 5.95. The zero-order valence-corrected chi connectivity index (χ0v) is 29.6. The van der Waals surface area contributed by atoms with Gasteiger partial charge < -0.3 is 20.9 Å². The number of ketones is 1. The zero-order chi connectivity index (χ0) is 35.1. The van der Waals surface area contributed by atoms with Crippen molar-refractivity contribution in [3.8, 4) is 11.5 Å². The van der Waals surface area contributed by atoms with E-state index in [1.807, 2.05) is 13.8 Å². The number of rotatable bonds is 10. The second-order valence-corrected chi connectivity index (χ2v) is 12.1. The molecule has 2 aromatic heterocycles. The number of nitrogen functional groups attached to an aromatic ring is 2. The monoisotopic (exact) mass is 753 g/mol. The summed E-state index contributed by atoms with van der Waals surface area (Å²) in [7, 11) is 5.69. The van der Waals surface area contributed by atoms with Gasteiger partial charge in [-0.1, -0.05) is 53.3 Å². The first-order chi connectivity index (χ1) is 22.4. The molecule has 252 valence electrons. The Balaban J connectivity index is 0.000000261. The maximum Gasteiger partial charge on any atom is 0.282 e. The van der Waals surface area contributed by atoms with Crippen LogP contribution in [-0.4, -0.2) is 76.6 Å². The van der Waals surface area contributed by atoms with Crippen molar-refractivity contribution in [2.75, 3.05) is 51.4 Å². The minimum atomic E-state index is -0.610. The maximum atomic E-state index is 13.6. The molecule has 0 aliphatic heterocycles. The fourth-order valence-electron chi connectivity index (χ4n) is 3.35. The van der Waals surface area contributed by atoms with Crippen LogP contribution in [0.15, 0.2) is 63.6 Å². The normalized spacial score (nSPS) is 10.1. The highest BCUT2D eigenvalue weighted by Crippen LogP contribution is 2.23. The molecule has 0 saturated heterocycles. The number of benzene rings is 2. The van der Waals surface area contributed by atoms with Crippen molar-refractivity contribution in [2.24, 2.45) is 0 Å². The molecule has 0 aliphatic carbocycles. The summed E-state index contributed by atoms with van der Waals surface area (Å²) in [4.78, 5) is 45.0. The highest BCUT2D eigenvalue weighted by Gasteiger charge is 2.18. The number of carbonyl (C=O) groups is 2. The van der Waals surface area contributed by atoms with Crippen molar-refractivity contribution < 1.29 is 32.7 Å². The molecular weight excluding hydrogens is 720 g/mol. The van der Waals surface area contributed by atoms with Crippen LogP contribution in [0.25, 0.3) is 0 Å². The summed E-state index contributed by atoms with van der Waals surface area (Å²) < 4.78 is 36.6. The van der Waals surface area contributed by atoms with Gasteiger partial charge in [-0.25, -0.2) is 33.8 Å². The van der Waals surface area contributed by atoms with E-state index in [9.17, 15) is 18.4 Å². The number of carbonyl (C=O) groups excluding carboxylic acids is 2. The number of amides is 1. The lowest BCUT2D eigenvalue weighted by Gasteiger charge is -2.14. The number of hydroxylamine groups is 2. The fraction of sp³-hybridized carbons (Fsp3) is 0.267. The highest BCUT2D eigenvalue weighted by atomic mass is 79.9. The summed E-state index contributed by atoms with van der Waals surface area (Å²) in [5.41, 5.74) is 12.0. The number of ether oxygens (including phenoxy) is 2. The van der Waals surface area contributed by atoms with E-state index in [1.165, 1.54) is 82.5 Å². The topological polar surface area (TPSA) is 169 Å². The van der Waals surface area contributed by atoms with Crippen molar-refractivity contribution >= 4 is 62.8 Å². The van der Waals surface area contributed by atoms with Crippen molar-refractivity contribution in [3.63, 3.8) is 0 Å². The fourth-order valence-corrected chi connectivity index (χ4v) is 4.78. The van der Waals surface area contributed by atoms with E-state index in [1.54, 1.807) is 12.1 Å². The number of methoxy groups -OCH3 is 2. The average molecular weight is 755 g/mol. The lowest BCUT2D eigenvalue weighted by atomic mass is 10.1. The number of aromatic nitrogens is 4. The molecule has 0 fully saturated rings. The molecule has 2 heterocycles. The molecule has 17 heteroatoms. The van der Waals surface area contributed by atoms with Gasteiger partial charge in [-0.3, -0.25) is 14.4 Å². The van der Waals surface area contributed by atoms with Crippen LogP contribution < -0.4 is 20.9 Å². The van der Waals surface area contributed by atoms with Gasteiger partial charge in [-0.05, 0) is 47.9 Å². The second kappa shape index (κ2) is 19.6. The second-order valence-electron chi connectivity index (χ2n) is 8.71. The highest BCUT2D eigenvalue weighted by molar-refractivity contribution is 9.10. The minimum Gasteiger partial charge on any atom is -0.494 e. The number of nitrogens with zero attached hydrogens (tertiary/aromatic N) is 5. The van der Waals surface area contributed by atoms with Gasteiger partial charge in [-0.15, -0.1) is 0 Å². The third-order valence-electron chi connectivity index (χ3n) is 5.70. The molecule has 0 unspecified atom stereocenters. The lowest BCUT2D eigenvalue weighted by molar-refractivity contribution is -0.0756. The van der Waals surface area contributed by atoms with Crippen LogP contribution in [0.5, 0.6) is 11.5 Å². The number of thioether (sulfide) groups is 2. The Morgan fingerprint density at radius 3 is 1.74 bits per heavy atom. The summed E-state index contributed by atoms with van der Waals surface area (Å²) in [6.07, 6.45) is 2.78. The van der Waals surface area contributed by atoms with Crippen LogP contribution in [0.4, 0.5) is 20.4 Å². The summed E-state index contributed by atoms with van der Waals surface area (Å²) in [6, 6.07) is 8.62. The quantitative estimate of drug-likeness (QED) is 0.0844. The first-order valence-corrected chi connectivity index (χ1v) is 16.4. The molecule has 1 amide bonds. The van der Waals surface area contributed by atoms with Crippen molar-refractivity contribution in [1.82, 2.24) is 25.0 Å². The van der Waals surface area contributed by atoms with Crippen LogP contribution in [0, 0.1) is 11.6 Å². The third-order valence-corrected chi connectivity index (χ3v) is 7.68. The largest absolute Gasteiger partial charge is 0.494 e. The Kier molecular flexibility index (Phi) is 16.3. The van der Waals surface area contributed by atoms with Gasteiger partial charge in [0.25, 0.3) is 5.91 Å². The number of hydrogen-bond acceptors (Lipinski definition) is 13. The molecule has 0 radical (unpaired) electrons. The van der Waals surface area contributed by atoms with Crippen LogP contribution in [-0.2, 0) is 4.84 Å². The van der Waals surface area contributed by atoms with Crippen molar-refractivity contribution in [2.45, 2.75) is 24.2 Å². The molecule has 0 atom stereocenters. The van der Waals surface area contributed by atoms with Crippen molar-refractivity contribution in [1.29, 1.82) is 0 Å². The standard InChI is InChI=1S/C14H14FN3O2S.C9H14N4O2S.C7H6BrFO/c1-3-21-14-17-7-9(13(16)18-14)12(19)8-4-5-11(20-2)10(15)6-8;1-4-16-9-11-5-6(7(10)12-9)8(14)13(2)15-3;1-10-7-3-2-5(8)4-6(7)9/h4-7H,3H2,1-2H3,(H2,16,17,18);5H,4H2,1-3H3,(H2,10,11,12);2-4H,1H3. The SMILES string of the molecule is CCSc1ncc(C(=O)N(C)OC)c(N)n1.CCSc1ncc(C(=O)c2ccc(OC)c(F)c2)c(N)n1.COc1ccc(Br)cc1F. The van der Waals surface area contributed by atoms with Gasteiger partial charge in [0.1, 0.15) is 17.2 Å². The molecule has 47 heavy (non-hydrogen) atoms. The van der Waals surface area contributed by atoms with Gasteiger partial charge in [0.2, 0.25) is 0 Å². The van der Waals surface area contributed by atoms with Gasteiger partial charge >= 0.3 is 0 Å². The summed E-state index contributed by atoms with van der Waals surface area (Å²) in [6.45, 7) is 3.95. The van der Waals surface area contributed by atoms with Crippen LogP contribution in [0.3, 0.4) is 0 Å². The molecule has 0 spiro atoms. The van der Waals surface area contributed by atoms with Gasteiger partial charge in [0.05, 0.1) is 26.9 Å². The van der Waals surface area contributed by atoms with Crippen LogP contribution in [0.2, 0.25) is 0 Å². The van der Waals surface area contributed by atoms with Gasteiger partial charge in [0, 0.05) is 29.5 Å². The molecule has 4 N–H and O–H groups in total. The van der Waals surface area contributed by atoms with Gasteiger partial charge in [0.15, 0.2) is 39.2 Å². The smallest absolute Gasteiger partial charge is 0.282 e. The Hall–Kier alpha value is -4.06. The van der Waals surface area contributed by atoms with E-state index in [4.69, 9.17) is 25.8 Å². The van der Waals surface area contributed by atoms with E-state index in [-0.39, 0.29) is 51.5 Å². The van der Waals surface area contributed by atoms with Crippen LogP contribution >= 0.6 is 39.5 Å². The van der Waals surface area contributed by atoms with E-state index >= 15 is 0 Å². The molecule has 4 rings (SSSR count). The number of halogens is 3. The minimum absolute atomic E-state index is 0.0745. The summed E-state index contributed by atoms with van der Waals surface area (Å²) in [5.74, 6) is 0.491. The molecule has 2 aromatic carbocycles. The molecule has 0 bridgehead atoms. The summed E-state index contributed by atoms with van der Waals surface area (Å²) in [5, 5.41) is 2.14. The van der Waals surface area contributed by atoms with Crippen molar-refractivity contribution in [3.05, 3.63) is 81.6 Å². The van der Waals surface area contributed by atoms with E-state index in [0.29, 0.717) is 14.8 Å². The first kappa shape index (κ1) is 39.1. The van der Waals surface area contributed by atoms with E-state index < -0.39 is 11.6 Å². The first-order valence-electron chi connectivity index (χ1n) is 13.6. The Morgan fingerprint density at radius 2 is 1.32 bits per heavy atom. The Labute approximate surface area is 288 Å².